The standard InChI is InChI=1S/C28H43O5P/c1-25(2)15-11-13-21-30-22-14-12-20-28(3,4)33-34(29,31-23-26-16-7-5-8-17-26)32-24-27-18-9-6-10-19-27/h5-10,16-19,25H,11-15,20-24H2,1-4H3. The molecule has 0 aliphatic carbocycles. The van der Waals surface area contributed by atoms with Crippen molar-refractivity contribution in [2.24, 2.45) is 5.92 Å². The molecule has 2 aromatic carbocycles. The summed E-state index contributed by atoms with van der Waals surface area (Å²) in [6.07, 6.45) is 6.19. The van der Waals surface area contributed by atoms with E-state index >= 15 is 0 Å². The molecule has 2 rings (SSSR count). The van der Waals surface area contributed by atoms with Crippen LogP contribution in [0.15, 0.2) is 60.7 Å². The molecule has 0 fully saturated rings. The maximum Gasteiger partial charge on any atom is 0.475 e. The first-order chi connectivity index (χ1) is 16.3. The van der Waals surface area contributed by atoms with E-state index in [0.717, 1.165) is 55.9 Å². The lowest BCUT2D eigenvalue weighted by Crippen LogP contribution is -2.24. The van der Waals surface area contributed by atoms with Gasteiger partial charge in [0.2, 0.25) is 0 Å². The smallest absolute Gasteiger partial charge is 0.381 e. The van der Waals surface area contributed by atoms with Crippen molar-refractivity contribution in [2.45, 2.75) is 85.0 Å². The van der Waals surface area contributed by atoms with Crippen molar-refractivity contribution in [1.29, 1.82) is 0 Å². The molecular formula is C28H43O5P. The molecule has 2 aromatic rings. The molecule has 34 heavy (non-hydrogen) atoms. The van der Waals surface area contributed by atoms with Crippen molar-refractivity contribution in [2.75, 3.05) is 13.2 Å². The van der Waals surface area contributed by atoms with Gasteiger partial charge in [0.15, 0.2) is 0 Å². The Morgan fingerprint density at radius 3 is 1.76 bits per heavy atom. The largest absolute Gasteiger partial charge is 0.475 e. The molecule has 0 radical (unpaired) electrons. The highest BCUT2D eigenvalue weighted by atomic mass is 31.2. The Kier molecular flexibility index (Phi) is 13.1. The number of hydrogen-bond donors (Lipinski definition) is 0. The van der Waals surface area contributed by atoms with Crippen LogP contribution in [0.4, 0.5) is 0 Å². The second-order valence-corrected chi connectivity index (χ2v) is 11.4. The third-order valence-electron chi connectivity index (χ3n) is 5.46. The van der Waals surface area contributed by atoms with Crippen molar-refractivity contribution in [1.82, 2.24) is 0 Å². The minimum Gasteiger partial charge on any atom is -0.381 e. The minimum absolute atomic E-state index is 0.160. The van der Waals surface area contributed by atoms with Crippen molar-refractivity contribution in [3.63, 3.8) is 0 Å². The monoisotopic (exact) mass is 490 g/mol. The molecule has 0 saturated heterocycles. The molecule has 6 heteroatoms. The highest BCUT2D eigenvalue weighted by Gasteiger charge is 2.35. The van der Waals surface area contributed by atoms with Crippen molar-refractivity contribution in [3.05, 3.63) is 71.8 Å². The van der Waals surface area contributed by atoms with Crippen molar-refractivity contribution >= 4 is 7.82 Å². The van der Waals surface area contributed by atoms with Crippen LogP contribution in [0.2, 0.25) is 0 Å². The van der Waals surface area contributed by atoms with Crippen LogP contribution in [-0.4, -0.2) is 18.8 Å². The van der Waals surface area contributed by atoms with Gasteiger partial charge in [0.25, 0.3) is 0 Å². The average molecular weight is 491 g/mol. The molecule has 0 aliphatic rings. The molecule has 0 bridgehead atoms. The zero-order valence-corrected chi connectivity index (χ0v) is 22.3. The lowest BCUT2D eigenvalue weighted by molar-refractivity contribution is 0.0186. The Bertz CT molecular complexity index is 776. The van der Waals surface area contributed by atoms with Gasteiger partial charge >= 0.3 is 7.82 Å². The van der Waals surface area contributed by atoms with E-state index in [1.807, 2.05) is 74.5 Å². The van der Waals surface area contributed by atoms with Crippen molar-refractivity contribution < 1.29 is 22.9 Å². The van der Waals surface area contributed by atoms with E-state index in [1.165, 1.54) is 12.8 Å². The van der Waals surface area contributed by atoms with Gasteiger partial charge in [0.1, 0.15) is 0 Å². The molecule has 0 N–H and O–H groups in total. The number of hydrogen-bond acceptors (Lipinski definition) is 5. The van der Waals surface area contributed by atoms with Crippen molar-refractivity contribution in [3.8, 4) is 0 Å². The number of benzene rings is 2. The molecular weight excluding hydrogens is 447 g/mol. The van der Waals surface area contributed by atoms with Crippen LogP contribution in [-0.2, 0) is 36.1 Å². The van der Waals surface area contributed by atoms with E-state index in [0.29, 0.717) is 0 Å². The zero-order valence-electron chi connectivity index (χ0n) is 21.4. The fraction of sp³-hybridized carbons (Fsp3) is 0.571. The summed E-state index contributed by atoms with van der Waals surface area (Å²) in [6, 6.07) is 19.3. The molecule has 0 saturated carbocycles. The number of rotatable bonds is 18. The van der Waals surface area contributed by atoms with Gasteiger partial charge in [0.05, 0.1) is 18.8 Å². The zero-order chi connectivity index (χ0) is 24.7. The van der Waals surface area contributed by atoms with Crippen LogP contribution < -0.4 is 0 Å². The number of ether oxygens (including phenoxy) is 1. The number of phosphoric acid groups is 1. The Morgan fingerprint density at radius 2 is 1.26 bits per heavy atom. The quantitative estimate of drug-likeness (QED) is 0.155. The lowest BCUT2D eigenvalue weighted by atomic mass is 10.0. The molecule has 0 unspecified atom stereocenters. The normalized spacial score (nSPS) is 12.4. The summed E-state index contributed by atoms with van der Waals surface area (Å²) in [7, 11) is -3.79. The second kappa shape index (κ2) is 15.5. The Hall–Kier alpha value is -1.49. The second-order valence-electron chi connectivity index (χ2n) is 9.78. The van der Waals surface area contributed by atoms with E-state index in [2.05, 4.69) is 13.8 Å². The third-order valence-corrected chi connectivity index (χ3v) is 7.07. The number of phosphoric ester groups is 1. The van der Waals surface area contributed by atoms with E-state index in [-0.39, 0.29) is 13.2 Å². The van der Waals surface area contributed by atoms with Crippen LogP contribution >= 0.6 is 7.82 Å². The molecule has 0 atom stereocenters. The summed E-state index contributed by atoms with van der Waals surface area (Å²) >= 11 is 0. The summed E-state index contributed by atoms with van der Waals surface area (Å²) in [5, 5.41) is 0. The first kappa shape index (κ1) is 28.7. The Morgan fingerprint density at radius 1 is 0.765 bits per heavy atom. The summed E-state index contributed by atoms with van der Waals surface area (Å²) < 4.78 is 36.9. The summed E-state index contributed by atoms with van der Waals surface area (Å²) in [5.74, 6) is 0.756. The minimum atomic E-state index is -3.79. The van der Waals surface area contributed by atoms with Gasteiger partial charge in [0, 0.05) is 13.2 Å². The average Bonchev–Trinajstić information content (AvgIpc) is 2.81. The van der Waals surface area contributed by atoms with E-state index in [9.17, 15) is 4.57 Å². The summed E-state index contributed by atoms with van der Waals surface area (Å²) in [4.78, 5) is 0. The van der Waals surface area contributed by atoms with E-state index < -0.39 is 13.4 Å². The van der Waals surface area contributed by atoms with Crippen LogP contribution in [0.5, 0.6) is 0 Å². The number of unbranched alkanes of at least 4 members (excludes halogenated alkanes) is 2. The van der Waals surface area contributed by atoms with Gasteiger partial charge in [-0.1, -0.05) is 87.4 Å². The molecule has 0 amide bonds. The Balaban J connectivity index is 1.81. The van der Waals surface area contributed by atoms with Gasteiger partial charge in [-0.15, -0.1) is 0 Å². The highest BCUT2D eigenvalue weighted by Crippen LogP contribution is 2.54. The van der Waals surface area contributed by atoms with Gasteiger partial charge in [-0.2, -0.15) is 0 Å². The fourth-order valence-corrected chi connectivity index (χ4v) is 5.00. The maximum atomic E-state index is 13.6. The summed E-state index contributed by atoms with van der Waals surface area (Å²) in [5.41, 5.74) is 1.18. The van der Waals surface area contributed by atoms with Crippen LogP contribution in [0.1, 0.15) is 77.3 Å². The lowest BCUT2D eigenvalue weighted by Gasteiger charge is -2.29. The molecule has 0 spiro atoms. The highest BCUT2D eigenvalue weighted by molar-refractivity contribution is 7.48. The van der Waals surface area contributed by atoms with Gasteiger partial charge < -0.3 is 4.74 Å². The third kappa shape index (κ3) is 12.8. The predicted molar refractivity (Wildman–Crippen MR) is 139 cm³/mol. The maximum absolute atomic E-state index is 13.6. The first-order valence-electron chi connectivity index (χ1n) is 12.5. The molecule has 5 nitrogen and oxygen atoms in total. The first-order valence-corrected chi connectivity index (χ1v) is 14.0. The topological polar surface area (TPSA) is 54.0 Å². The van der Waals surface area contributed by atoms with E-state index in [4.69, 9.17) is 18.3 Å². The Labute approximate surface area is 206 Å². The van der Waals surface area contributed by atoms with Crippen LogP contribution in [0, 0.1) is 5.92 Å². The van der Waals surface area contributed by atoms with Gasteiger partial charge in [-0.3, -0.25) is 13.6 Å². The SMILES string of the molecule is CC(C)CCCCOCCCCC(C)(C)OP(=O)(OCc1ccccc1)OCc1ccccc1. The van der Waals surface area contributed by atoms with Crippen LogP contribution in [0.25, 0.3) is 0 Å². The molecule has 0 heterocycles. The molecule has 190 valence electrons. The fourth-order valence-electron chi connectivity index (χ4n) is 3.51. The molecule has 0 aromatic heterocycles. The van der Waals surface area contributed by atoms with Gasteiger partial charge in [-0.25, -0.2) is 4.57 Å². The van der Waals surface area contributed by atoms with Gasteiger partial charge in [-0.05, 0) is 56.6 Å². The summed E-state index contributed by atoms with van der Waals surface area (Å²) in [6.45, 7) is 10.3. The molecule has 0 aliphatic heterocycles. The van der Waals surface area contributed by atoms with Crippen LogP contribution in [0.3, 0.4) is 0 Å². The van der Waals surface area contributed by atoms with E-state index in [1.54, 1.807) is 0 Å². The predicted octanol–water partition coefficient (Wildman–Crippen LogP) is 8.34.